The lowest BCUT2D eigenvalue weighted by molar-refractivity contribution is -0.283. The van der Waals surface area contributed by atoms with Gasteiger partial charge in [0, 0.05) is 37.4 Å². The number of rotatable bonds is 6. The number of hydrogen-bond acceptors (Lipinski definition) is 10. The van der Waals surface area contributed by atoms with Crippen molar-refractivity contribution in [1.82, 2.24) is 14.5 Å². The predicted molar refractivity (Wildman–Crippen MR) is 174 cm³/mol. The van der Waals surface area contributed by atoms with Crippen LogP contribution in [0.2, 0.25) is 0 Å². The summed E-state index contributed by atoms with van der Waals surface area (Å²) in [5.74, 6) is -1.62. The number of carbonyl (C=O) groups is 3. The van der Waals surface area contributed by atoms with Gasteiger partial charge >= 0.3 is 12.1 Å². The minimum atomic E-state index is -1.43. The number of aromatic nitrogens is 2. The summed E-state index contributed by atoms with van der Waals surface area (Å²) in [6.07, 6.45) is 5.39. The molecule has 11 heteroatoms. The van der Waals surface area contributed by atoms with Crippen LogP contribution >= 0.6 is 0 Å². The van der Waals surface area contributed by atoms with E-state index in [-0.39, 0.29) is 29.8 Å². The molecule has 0 N–H and O–H groups in total. The van der Waals surface area contributed by atoms with Gasteiger partial charge in [-0.1, -0.05) is 34.6 Å². The molecule has 46 heavy (non-hydrogen) atoms. The third kappa shape index (κ3) is 8.65. The first kappa shape index (κ1) is 37.9. The van der Waals surface area contributed by atoms with Gasteiger partial charge in [0.25, 0.3) is 0 Å². The highest BCUT2D eigenvalue weighted by Crippen LogP contribution is 2.39. The highest BCUT2D eigenvalue weighted by molar-refractivity contribution is 5.96. The molecule has 11 nitrogen and oxygen atoms in total. The lowest BCUT2D eigenvalue weighted by Crippen LogP contribution is -2.55. The summed E-state index contributed by atoms with van der Waals surface area (Å²) in [4.78, 5) is 46.9. The van der Waals surface area contributed by atoms with E-state index in [4.69, 9.17) is 23.7 Å². The molecule has 0 aromatic carbocycles. The second kappa shape index (κ2) is 15.5. The quantitative estimate of drug-likeness (QED) is 0.358. The third-order valence-corrected chi connectivity index (χ3v) is 9.97. The van der Waals surface area contributed by atoms with Crippen LogP contribution < -0.4 is 0 Å². The number of methoxy groups -OCH3 is 1. The van der Waals surface area contributed by atoms with Gasteiger partial charge in [-0.3, -0.25) is 9.59 Å². The van der Waals surface area contributed by atoms with Gasteiger partial charge in [0.2, 0.25) is 0 Å². The van der Waals surface area contributed by atoms with E-state index in [0.29, 0.717) is 24.8 Å². The monoisotopic (exact) mass is 647 g/mol. The zero-order valence-electron chi connectivity index (χ0n) is 29.9. The van der Waals surface area contributed by atoms with Crippen LogP contribution in [0.4, 0.5) is 4.79 Å². The van der Waals surface area contributed by atoms with Crippen molar-refractivity contribution >= 4 is 17.8 Å². The van der Waals surface area contributed by atoms with Crippen LogP contribution in [0, 0.1) is 23.7 Å². The molecule has 260 valence electrons. The topological polar surface area (TPSA) is 118 Å². The van der Waals surface area contributed by atoms with Crippen molar-refractivity contribution in [2.24, 2.45) is 23.7 Å². The number of hydrogen-bond donors (Lipinski definition) is 0. The van der Waals surface area contributed by atoms with Crippen molar-refractivity contribution in [3.05, 3.63) is 30.4 Å². The summed E-state index contributed by atoms with van der Waals surface area (Å²) in [6.45, 7) is 17.2. The highest BCUT2D eigenvalue weighted by Gasteiger charge is 2.47. The zero-order valence-corrected chi connectivity index (χ0v) is 29.9. The molecule has 0 aliphatic carbocycles. The normalized spacial score (nSPS) is 39.7. The maximum atomic E-state index is 14.0. The van der Waals surface area contributed by atoms with E-state index in [0.717, 1.165) is 6.42 Å². The molecule has 0 saturated carbocycles. The van der Waals surface area contributed by atoms with Crippen LogP contribution in [0.25, 0.3) is 0 Å². The third-order valence-electron chi connectivity index (χ3n) is 9.97. The Hall–Kier alpha value is -2.60. The molecular weight excluding hydrogens is 590 g/mol. The van der Waals surface area contributed by atoms with Crippen molar-refractivity contribution in [2.45, 2.75) is 130 Å². The number of allylic oxidation sites excluding steroid dienone is 1. The van der Waals surface area contributed by atoms with Crippen LogP contribution in [0.15, 0.2) is 30.4 Å². The summed E-state index contributed by atoms with van der Waals surface area (Å²) in [5.41, 5.74) is -1.93. The van der Waals surface area contributed by atoms with Gasteiger partial charge in [0.1, 0.15) is 12.4 Å². The smallest absolute Gasteiger partial charge is 0.420 e. The lowest BCUT2D eigenvalue weighted by atomic mass is 9.77. The summed E-state index contributed by atoms with van der Waals surface area (Å²) in [7, 11) is 5.78. The first-order valence-electron chi connectivity index (χ1n) is 16.6. The Bertz CT molecular complexity index is 1220. The summed E-state index contributed by atoms with van der Waals surface area (Å²) >= 11 is 0. The van der Waals surface area contributed by atoms with Gasteiger partial charge in [-0.25, -0.2) is 14.3 Å². The molecule has 0 spiro atoms. The van der Waals surface area contributed by atoms with E-state index in [1.807, 2.05) is 34.6 Å². The Balaban J connectivity index is 2.05. The minimum Gasteiger partial charge on any atom is -0.458 e. The second-order valence-electron chi connectivity index (χ2n) is 14.3. The molecule has 2 aliphatic rings. The minimum absolute atomic E-state index is 0.00145. The molecule has 2 aliphatic heterocycles. The molecule has 0 amide bonds. The van der Waals surface area contributed by atoms with Gasteiger partial charge in [0.05, 0.1) is 23.7 Å². The SMILES string of the molecule is CC[C@H]1OC(=O)[C@H](C)C[C@H](C)[C@@H](O[C@@H]2O[C@H](C)C[C@H](N(C)C)[C@H]2C)[C@](C)(OC)C[C@@H](C)C(=O)/C(C)=C/[C@]1(C)OC(=O)n1ccnc1. The van der Waals surface area contributed by atoms with Gasteiger partial charge in [0.15, 0.2) is 17.7 Å². The average molecular weight is 648 g/mol. The van der Waals surface area contributed by atoms with Gasteiger partial charge < -0.3 is 28.6 Å². The van der Waals surface area contributed by atoms with Crippen molar-refractivity contribution < 1.29 is 38.1 Å². The number of esters is 1. The maximum absolute atomic E-state index is 14.0. The van der Waals surface area contributed by atoms with Crippen LogP contribution in [0.1, 0.15) is 88.0 Å². The van der Waals surface area contributed by atoms with Gasteiger partial charge in [-0.05, 0) is 85.0 Å². The first-order chi connectivity index (χ1) is 21.5. The van der Waals surface area contributed by atoms with E-state index in [9.17, 15) is 14.4 Å². The number of carbonyl (C=O) groups excluding carboxylic acids is 3. The van der Waals surface area contributed by atoms with E-state index in [2.05, 4.69) is 37.8 Å². The molecule has 0 unspecified atom stereocenters. The number of ketones is 1. The number of Topliss-reactive ketones (excluding diaryl/α,β-unsaturated/α-hetero) is 1. The van der Waals surface area contributed by atoms with Crippen molar-refractivity contribution in [3.63, 3.8) is 0 Å². The molecule has 11 atom stereocenters. The number of ether oxygens (including phenoxy) is 5. The molecule has 3 heterocycles. The second-order valence-corrected chi connectivity index (χ2v) is 14.3. The molecule has 0 radical (unpaired) electrons. The summed E-state index contributed by atoms with van der Waals surface area (Å²) in [6, 6.07) is 0.265. The molecule has 1 aromatic rings. The number of imidazole rings is 1. The van der Waals surface area contributed by atoms with Crippen LogP contribution in [-0.4, -0.2) is 95.3 Å². The van der Waals surface area contributed by atoms with E-state index >= 15 is 0 Å². The Morgan fingerprint density at radius 2 is 1.78 bits per heavy atom. The Labute approximate surface area is 275 Å². The van der Waals surface area contributed by atoms with E-state index in [1.54, 1.807) is 27.0 Å². The first-order valence-corrected chi connectivity index (χ1v) is 16.6. The Morgan fingerprint density at radius 3 is 2.35 bits per heavy atom. The lowest BCUT2D eigenvalue weighted by Gasteiger charge is -2.47. The Morgan fingerprint density at radius 1 is 1.11 bits per heavy atom. The van der Waals surface area contributed by atoms with Crippen LogP contribution in [0.3, 0.4) is 0 Å². The van der Waals surface area contributed by atoms with Gasteiger partial charge in [-0.2, -0.15) is 0 Å². The maximum Gasteiger partial charge on any atom is 0.420 e. The van der Waals surface area contributed by atoms with Gasteiger partial charge in [-0.15, -0.1) is 0 Å². The standard InChI is InChI=1S/C35H57N3O8/c1-13-28-34(8,46-33(41)38-15-14-36-20-38)18-23(4)29(39)24(5)19-35(9,42-12)30(21(2)16-22(3)31(40)44-28)45-32-26(7)27(37(10)11)17-25(6)43-32/h14-15,18,20-22,24-28,30,32H,13,16-17,19H2,1-12H3/b23-18+/t21-,22+,24+,25+,26+,27-,28+,30+,32-,34-,35+/m0/s1. The fourth-order valence-corrected chi connectivity index (χ4v) is 7.35. The van der Waals surface area contributed by atoms with Crippen molar-refractivity contribution in [1.29, 1.82) is 0 Å². The molecule has 3 rings (SSSR count). The highest BCUT2D eigenvalue weighted by atomic mass is 16.7. The fourth-order valence-electron chi connectivity index (χ4n) is 7.35. The van der Waals surface area contributed by atoms with Crippen LogP contribution in [0.5, 0.6) is 0 Å². The largest absolute Gasteiger partial charge is 0.458 e. The van der Waals surface area contributed by atoms with Crippen molar-refractivity contribution in [3.8, 4) is 0 Å². The Kier molecular flexibility index (Phi) is 12.8. The molecule has 1 fully saturated rings. The molecular formula is C35H57N3O8. The zero-order chi connectivity index (χ0) is 34.6. The number of cyclic esters (lactones) is 1. The number of nitrogens with zero attached hydrogens (tertiary/aromatic N) is 3. The fraction of sp³-hybridized carbons (Fsp3) is 0.771. The summed E-state index contributed by atoms with van der Waals surface area (Å²) in [5, 5.41) is 0. The average Bonchev–Trinajstić information content (AvgIpc) is 3.54. The molecule has 1 aromatic heterocycles. The van der Waals surface area contributed by atoms with Crippen molar-refractivity contribution in [2.75, 3.05) is 21.2 Å². The van der Waals surface area contributed by atoms with E-state index in [1.165, 1.54) is 23.3 Å². The van der Waals surface area contributed by atoms with E-state index < -0.39 is 53.6 Å². The molecule has 1 saturated heterocycles. The predicted octanol–water partition coefficient (Wildman–Crippen LogP) is 5.66. The molecule has 0 bridgehead atoms. The summed E-state index contributed by atoms with van der Waals surface area (Å²) < 4.78 is 32.8. The van der Waals surface area contributed by atoms with Crippen LogP contribution in [-0.2, 0) is 33.3 Å².